The number of benzene rings is 3. The third kappa shape index (κ3) is 4.49. The molecule has 6 rings (SSSR count). The largest absolute Gasteiger partial charge is 0.460 e. The van der Waals surface area contributed by atoms with Crippen LogP contribution in [0.5, 0.6) is 0 Å². The van der Waals surface area contributed by atoms with Crippen molar-refractivity contribution in [3.05, 3.63) is 119 Å². The number of primary amides is 1. The zero-order chi connectivity index (χ0) is 28.0. The summed E-state index contributed by atoms with van der Waals surface area (Å²) in [6.07, 6.45) is 4.74. The van der Waals surface area contributed by atoms with E-state index in [-0.39, 0.29) is 40.2 Å². The van der Waals surface area contributed by atoms with Gasteiger partial charge in [0, 0.05) is 23.7 Å². The Bertz CT molecular complexity index is 1780. The molecule has 0 unspecified atom stereocenters. The Kier molecular flexibility index (Phi) is 6.14. The molecule has 0 radical (unpaired) electrons. The first kappa shape index (κ1) is 25.4. The predicted octanol–water partition coefficient (Wildman–Crippen LogP) is 5.59. The molecule has 0 atom stereocenters. The van der Waals surface area contributed by atoms with Crippen molar-refractivity contribution in [3.63, 3.8) is 0 Å². The smallest absolute Gasteiger partial charge is 0.253 e. The van der Waals surface area contributed by atoms with Crippen LogP contribution in [0.15, 0.2) is 77.6 Å². The first-order chi connectivity index (χ1) is 19.3. The molecule has 0 spiro atoms. The maximum atomic E-state index is 16.2. The Hall–Kier alpha value is -4.92. The summed E-state index contributed by atoms with van der Waals surface area (Å²) < 4.78 is 35.4. The lowest BCUT2D eigenvalue weighted by Gasteiger charge is -2.17. The zero-order valence-electron chi connectivity index (χ0n) is 21.5. The molecular formula is C31H24F2N4O3. The number of carbonyl (C=O) groups is 2. The van der Waals surface area contributed by atoms with Gasteiger partial charge in [-0.05, 0) is 78.9 Å². The number of furan rings is 1. The van der Waals surface area contributed by atoms with Crippen LogP contribution in [0.4, 0.5) is 8.78 Å². The zero-order valence-corrected chi connectivity index (χ0v) is 21.5. The monoisotopic (exact) mass is 538 g/mol. The van der Waals surface area contributed by atoms with Gasteiger partial charge in [-0.25, -0.2) is 18.7 Å². The first-order valence-electron chi connectivity index (χ1n) is 12.7. The fraction of sp³-hybridized carbons (Fsp3) is 0.161. The lowest BCUT2D eigenvalue weighted by molar-refractivity contribution is 0.0928. The lowest BCUT2D eigenvalue weighted by Crippen LogP contribution is -2.35. The van der Waals surface area contributed by atoms with E-state index >= 15 is 4.39 Å². The summed E-state index contributed by atoms with van der Waals surface area (Å²) in [5.74, 6) is -2.03. The first-order valence-corrected chi connectivity index (χ1v) is 12.7. The second kappa shape index (κ2) is 9.68. The molecule has 2 heterocycles. The highest BCUT2D eigenvalue weighted by Gasteiger charge is 2.47. The summed E-state index contributed by atoms with van der Waals surface area (Å²) in [7, 11) is 0. The molecular weight excluding hydrogens is 514 g/mol. The van der Waals surface area contributed by atoms with Crippen molar-refractivity contribution in [2.45, 2.75) is 31.7 Å². The SMILES string of the molecule is Cc1ccc(C(=O)NC2(c3ccncn3)CC2)cc1-c1ccc2oc(Cc3ccc(F)cc3)c(C(N)=O)c2c1F. The minimum absolute atomic E-state index is 0.0305. The van der Waals surface area contributed by atoms with Crippen LogP contribution in [0.1, 0.15) is 56.1 Å². The molecule has 2 amide bonds. The summed E-state index contributed by atoms with van der Waals surface area (Å²) in [5.41, 5.74) is 8.46. The number of nitrogens with zero attached hydrogens (tertiary/aromatic N) is 2. The number of halogens is 2. The van der Waals surface area contributed by atoms with Gasteiger partial charge in [0.15, 0.2) is 0 Å². The second-order valence-corrected chi connectivity index (χ2v) is 10.0. The number of amides is 2. The molecule has 0 saturated heterocycles. The normalized spacial score (nSPS) is 13.8. The molecule has 3 N–H and O–H groups in total. The topological polar surface area (TPSA) is 111 Å². The molecule has 1 fully saturated rings. The van der Waals surface area contributed by atoms with E-state index in [4.69, 9.17) is 10.2 Å². The molecule has 2 aromatic heterocycles. The van der Waals surface area contributed by atoms with E-state index in [1.165, 1.54) is 18.5 Å². The summed E-state index contributed by atoms with van der Waals surface area (Å²) >= 11 is 0. The molecule has 7 nitrogen and oxygen atoms in total. The number of hydrogen-bond donors (Lipinski definition) is 2. The fourth-order valence-electron chi connectivity index (χ4n) is 5.07. The maximum absolute atomic E-state index is 16.2. The number of rotatable bonds is 7. The number of carbonyl (C=O) groups excluding carboxylic acids is 2. The van der Waals surface area contributed by atoms with Crippen molar-refractivity contribution in [3.8, 4) is 11.1 Å². The predicted molar refractivity (Wildman–Crippen MR) is 144 cm³/mol. The van der Waals surface area contributed by atoms with Crippen LogP contribution in [0.2, 0.25) is 0 Å². The van der Waals surface area contributed by atoms with E-state index < -0.39 is 23.1 Å². The molecule has 3 aromatic carbocycles. The number of nitrogens with one attached hydrogen (secondary N) is 1. The number of fused-ring (bicyclic) bond motifs is 1. The summed E-state index contributed by atoms with van der Waals surface area (Å²) in [5, 5.41) is 3.04. The van der Waals surface area contributed by atoms with Gasteiger partial charge in [0.2, 0.25) is 0 Å². The molecule has 0 aliphatic heterocycles. The van der Waals surface area contributed by atoms with Crippen LogP contribution in [-0.4, -0.2) is 21.8 Å². The van der Waals surface area contributed by atoms with Gasteiger partial charge >= 0.3 is 0 Å². The van der Waals surface area contributed by atoms with Gasteiger partial charge in [0.05, 0.1) is 22.2 Å². The number of nitrogens with two attached hydrogens (primary N) is 1. The van der Waals surface area contributed by atoms with Crippen molar-refractivity contribution in [1.82, 2.24) is 15.3 Å². The Labute approximate surface area is 228 Å². The van der Waals surface area contributed by atoms with Gasteiger partial charge in [0.1, 0.15) is 29.3 Å². The second-order valence-electron chi connectivity index (χ2n) is 10.0. The minimum atomic E-state index is -0.837. The van der Waals surface area contributed by atoms with Crippen molar-refractivity contribution in [2.24, 2.45) is 5.73 Å². The Morgan fingerprint density at radius 2 is 1.80 bits per heavy atom. The molecule has 0 bridgehead atoms. The molecule has 1 saturated carbocycles. The number of aromatic nitrogens is 2. The van der Waals surface area contributed by atoms with Crippen LogP contribution >= 0.6 is 0 Å². The van der Waals surface area contributed by atoms with Gasteiger partial charge < -0.3 is 15.5 Å². The van der Waals surface area contributed by atoms with Crippen molar-refractivity contribution in [2.75, 3.05) is 0 Å². The van der Waals surface area contributed by atoms with Gasteiger partial charge in [-0.1, -0.05) is 18.2 Å². The molecule has 9 heteroatoms. The maximum Gasteiger partial charge on any atom is 0.253 e. The van der Waals surface area contributed by atoms with Crippen molar-refractivity contribution >= 4 is 22.8 Å². The van der Waals surface area contributed by atoms with Gasteiger partial charge in [-0.15, -0.1) is 0 Å². The van der Waals surface area contributed by atoms with Crippen LogP contribution in [0, 0.1) is 18.6 Å². The van der Waals surface area contributed by atoms with Crippen molar-refractivity contribution < 1.29 is 22.8 Å². The quantitative estimate of drug-likeness (QED) is 0.281. The summed E-state index contributed by atoms with van der Waals surface area (Å²) in [4.78, 5) is 34.0. The number of aryl methyl sites for hydroxylation is 1. The van der Waals surface area contributed by atoms with E-state index in [0.717, 1.165) is 24.1 Å². The molecule has 1 aliphatic carbocycles. The molecule has 40 heavy (non-hydrogen) atoms. The third-order valence-electron chi connectivity index (χ3n) is 7.36. The third-order valence-corrected chi connectivity index (χ3v) is 7.36. The van der Waals surface area contributed by atoms with Crippen LogP contribution < -0.4 is 11.1 Å². The van der Waals surface area contributed by atoms with Crippen molar-refractivity contribution in [1.29, 1.82) is 0 Å². The van der Waals surface area contributed by atoms with Crippen LogP contribution in [0.25, 0.3) is 22.1 Å². The van der Waals surface area contributed by atoms with Gasteiger partial charge in [-0.2, -0.15) is 0 Å². The highest BCUT2D eigenvalue weighted by molar-refractivity contribution is 6.08. The standard InChI is InChI=1S/C31H24F2N4O3/c1-17-2-5-19(30(39)37-31(11-12-31)25-10-13-35-16-36-25)15-22(17)21-8-9-23-26(28(21)33)27(29(34)38)24(40-23)14-18-3-6-20(32)7-4-18/h2-10,13,15-16H,11-12,14H2,1H3,(H2,34,38)(H,37,39). The Balaban J connectivity index is 1.37. The van der Waals surface area contributed by atoms with Crippen LogP contribution in [0.3, 0.4) is 0 Å². The highest BCUT2D eigenvalue weighted by atomic mass is 19.1. The van der Waals surface area contributed by atoms with Gasteiger partial charge in [0.25, 0.3) is 11.8 Å². The van der Waals surface area contributed by atoms with E-state index in [1.807, 2.05) is 6.92 Å². The van der Waals surface area contributed by atoms with E-state index in [1.54, 1.807) is 54.7 Å². The van der Waals surface area contributed by atoms with Crippen LogP contribution in [-0.2, 0) is 12.0 Å². The average Bonchev–Trinajstić information content (AvgIpc) is 3.63. The van der Waals surface area contributed by atoms with E-state index in [2.05, 4.69) is 15.3 Å². The Morgan fingerprint density at radius 1 is 1.02 bits per heavy atom. The molecule has 200 valence electrons. The average molecular weight is 539 g/mol. The van der Waals surface area contributed by atoms with E-state index in [0.29, 0.717) is 16.7 Å². The Morgan fingerprint density at radius 3 is 2.48 bits per heavy atom. The number of hydrogen-bond acceptors (Lipinski definition) is 5. The van der Waals surface area contributed by atoms with E-state index in [9.17, 15) is 14.0 Å². The van der Waals surface area contributed by atoms with Gasteiger partial charge in [-0.3, -0.25) is 9.59 Å². The lowest BCUT2D eigenvalue weighted by atomic mass is 9.95. The summed E-state index contributed by atoms with van der Waals surface area (Å²) in [6.45, 7) is 1.81. The molecule has 5 aromatic rings. The molecule has 1 aliphatic rings. The fourth-order valence-corrected chi connectivity index (χ4v) is 5.07. The highest BCUT2D eigenvalue weighted by Crippen LogP contribution is 2.44. The summed E-state index contributed by atoms with van der Waals surface area (Å²) in [6, 6.07) is 15.7. The minimum Gasteiger partial charge on any atom is -0.460 e.